The second-order valence-electron chi connectivity index (χ2n) is 8.41. The van der Waals surface area contributed by atoms with Crippen LogP contribution in [-0.2, 0) is 7.05 Å². The van der Waals surface area contributed by atoms with Crippen LogP contribution in [0.5, 0.6) is 0 Å². The number of piperidine rings is 1. The summed E-state index contributed by atoms with van der Waals surface area (Å²) < 4.78 is 1.90. The molecule has 154 valence electrons. The van der Waals surface area contributed by atoms with Crippen LogP contribution in [0.1, 0.15) is 57.9 Å². The molecule has 1 N–H and O–H groups in total. The average Bonchev–Trinajstić information content (AvgIpc) is 3.28. The molecule has 1 atom stereocenters. The van der Waals surface area contributed by atoms with Gasteiger partial charge in [0.1, 0.15) is 0 Å². The predicted octanol–water partition coefficient (Wildman–Crippen LogP) is 3.06. The minimum absolute atomic E-state index is 0. The first-order valence-corrected chi connectivity index (χ1v) is 10.3. The molecule has 1 unspecified atom stereocenters. The fourth-order valence-electron chi connectivity index (χ4n) is 4.17. The van der Waals surface area contributed by atoms with E-state index in [1.807, 2.05) is 17.9 Å². The Morgan fingerprint density at radius 2 is 2.00 bits per heavy atom. The van der Waals surface area contributed by atoms with Gasteiger partial charge in [-0.1, -0.05) is 6.42 Å². The number of aromatic nitrogens is 2. The molecular weight excluding hydrogens is 451 g/mol. The van der Waals surface area contributed by atoms with E-state index in [4.69, 9.17) is 4.99 Å². The van der Waals surface area contributed by atoms with Crippen LogP contribution in [0.3, 0.4) is 0 Å². The van der Waals surface area contributed by atoms with Crippen molar-refractivity contribution in [2.45, 2.75) is 57.9 Å². The lowest BCUT2D eigenvalue weighted by atomic mass is 9.99. The zero-order valence-corrected chi connectivity index (χ0v) is 19.8. The molecule has 6 nitrogen and oxygen atoms in total. The Bertz CT molecular complexity index is 605. The van der Waals surface area contributed by atoms with Crippen LogP contribution < -0.4 is 5.32 Å². The van der Waals surface area contributed by atoms with Crippen LogP contribution in [-0.4, -0.2) is 70.3 Å². The summed E-state index contributed by atoms with van der Waals surface area (Å²) >= 11 is 0. The summed E-state index contributed by atoms with van der Waals surface area (Å²) in [5, 5.41) is 7.85. The smallest absolute Gasteiger partial charge is 0.194 e. The van der Waals surface area contributed by atoms with Gasteiger partial charge in [0.25, 0.3) is 0 Å². The Morgan fingerprint density at radius 1 is 1.26 bits per heavy atom. The van der Waals surface area contributed by atoms with Crippen LogP contribution in [0.15, 0.2) is 17.4 Å². The largest absolute Gasteiger partial charge is 0.357 e. The highest BCUT2D eigenvalue weighted by Crippen LogP contribution is 2.27. The zero-order chi connectivity index (χ0) is 18.6. The highest BCUT2D eigenvalue weighted by molar-refractivity contribution is 14.0. The molecule has 0 radical (unpaired) electrons. The van der Waals surface area contributed by atoms with Gasteiger partial charge in [0.15, 0.2) is 5.96 Å². The number of aliphatic imine (C=N–C) groups is 1. The molecule has 0 spiro atoms. The van der Waals surface area contributed by atoms with E-state index in [0.717, 1.165) is 32.1 Å². The number of halogens is 1. The summed E-state index contributed by atoms with van der Waals surface area (Å²) in [6, 6.07) is 0. The maximum atomic E-state index is 5.04. The van der Waals surface area contributed by atoms with Crippen molar-refractivity contribution >= 4 is 29.9 Å². The summed E-state index contributed by atoms with van der Waals surface area (Å²) in [5.74, 6) is 1.63. The number of hydrogen-bond donors (Lipinski definition) is 1. The van der Waals surface area contributed by atoms with E-state index in [0.29, 0.717) is 5.92 Å². The maximum Gasteiger partial charge on any atom is 0.194 e. The van der Waals surface area contributed by atoms with Gasteiger partial charge in [0, 0.05) is 44.3 Å². The average molecular weight is 488 g/mol. The van der Waals surface area contributed by atoms with E-state index >= 15 is 0 Å². The van der Waals surface area contributed by atoms with Crippen molar-refractivity contribution in [3.63, 3.8) is 0 Å². The second-order valence-corrected chi connectivity index (χ2v) is 8.41. The molecule has 1 aromatic heterocycles. The Balaban J connectivity index is 0.00000261. The first-order chi connectivity index (χ1) is 12.5. The van der Waals surface area contributed by atoms with Gasteiger partial charge in [0.2, 0.25) is 0 Å². The van der Waals surface area contributed by atoms with Crippen LogP contribution in [0.25, 0.3) is 0 Å². The Kier molecular flexibility index (Phi) is 8.39. The molecule has 2 aliphatic rings. The van der Waals surface area contributed by atoms with Crippen molar-refractivity contribution in [1.82, 2.24) is 24.9 Å². The molecule has 7 heteroatoms. The van der Waals surface area contributed by atoms with Crippen molar-refractivity contribution in [3.8, 4) is 0 Å². The first-order valence-electron chi connectivity index (χ1n) is 10.3. The number of aryl methyl sites for hydroxylation is 1. The number of guanidine groups is 1. The van der Waals surface area contributed by atoms with Crippen molar-refractivity contribution in [2.24, 2.45) is 12.0 Å². The molecule has 0 bridgehead atoms. The molecule has 2 aliphatic heterocycles. The molecule has 3 heterocycles. The van der Waals surface area contributed by atoms with Crippen molar-refractivity contribution in [3.05, 3.63) is 18.0 Å². The van der Waals surface area contributed by atoms with E-state index in [-0.39, 0.29) is 29.5 Å². The van der Waals surface area contributed by atoms with Gasteiger partial charge in [0.05, 0.1) is 12.7 Å². The first kappa shape index (κ1) is 22.5. The van der Waals surface area contributed by atoms with Crippen LogP contribution in [0.4, 0.5) is 0 Å². The third kappa shape index (κ3) is 5.82. The molecule has 1 aromatic rings. The van der Waals surface area contributed by atoms with Gasteiger partial charge < -0.3 is 10.2 Å². The molecule has 0 saturated carbocycles. The highest BCUT2D eigenvalue weighted by atomic mass is 127. The Morgan fingerprint density at radius 3 is 2.63 bits per heavy atom. The third-order valence-electron chi connectivity index (χ3n) is 5.85. The normalized spacial score (nSPS) is 22.0. The lowest BCUT2D eigenvalue weighted by Crippen LogP contribution is -2.50. The SMILES string of the molecule is CCNC(=NCC(C)(C)N1CCCCC1)N1CCC(c2cnn(C)c2)C1.I. The van der Waals surface area contributed by atoms with Gasteiger partial charge in [-0.05, 0) is 58.7 Å². The molecule has 2 saturated heterocycles. The predicted molar refractivity (Wildman–Crippen MR) is 123 cm³/mol. The number of rotatable bonds is 5. The van der Waals surface area contributed by atoms with Crippen molar-refractivity contribution < 1.29 is 0 Å². The fourth-order valence-corrected chi connectivity index (χ4v) is 4.17. The highest BCUT2D eigenvalue weighted by Gasteiger charge is 2.30. The number of nitrogens with zero attached hydrogens (tertiary/aromatic N) is 5. The minimum Gasteiger partial charge on any atom is -0.357 e. The van der Waals surface area contributed by atoms with E-state index in [1.54, 1.807) is 0 Å². The Hall–Kier alpha value is -0.830. The van der Waals surface area contributed by atoms with E-state index in [9.17, 15) is 0 Å². The molecule has 0 aromatic carbocycles. The van der Waals surface area contributed by atoms with Gasteiger partial charge in [-0.25, -0.2) is 0 Å². The molecular formula is C20H37IN6. The third-order valence-corrected chi connectivity index (χ3v) is 5.85. The summed E-state index contributed by atoms with van der Waals surface area (Å²) in [6.07, 6.45) is 9.36. The van der Waals surface area contributed by atoms with Crippen molar-refractivity contribution in [2.75, 3.05) is 39.3 Å². The molecule has 0 aliphatic carbocycles. The van der Waals surface area contributed by atoms with Gasteiger partial charge >= 0.3 is 0 Å². The molecule has 2 fully saturated rings. The minimum atomic E-state index is 0. The topological polar surface area (TPSA) is 48.7 Å². The quantitative estimate of drug-likeness (QED) is 0.393. The van der Waals surface area contributed by atoms with Gasteiger partial charge in [-0.3, -0.25) is 14.6 Å². The molecule has 0 amide bonds. The van der Waals surface area contributed by atoms with Gasteiger partial charge in [-0.15, -0.1) is 24.0 Å². The van der Waals surface area contributed by atoms with Crippen molar-refractivity contribution in [1.29, 1.82) is 0 Å². The summed E-state index contributed by atoms with van der Waals surface area (Å²) in [5.41, 5.74) is 1.48. The standard InChI is InChI=1S/C20H36N6.HI/c1-5-21-19(22-16-20(2,3)26-10-7-6-8-11-26)25-12-9-17(15-25)18-13-23-24(4)14-18;/h13-14,17H,5-12,15-16H2,1-4H3,(H,21,22);1H. The number of hydrogen-bond acceptors (Lipinski definition) is 3. The molecule has 27 heavy (non-hydrogen) atoms. The fraction of sp³-hybridized carbons (Fsp3) is 0.800. The van der Waals surface area contributed by atoms with Crippen LogP contribution in [0.2, 0.25) is 0 Å². The maximum absolute atomic E-state index is 5.04. The number of nitrogens with one attached hydrogen (secondary N) is 1. The Labute approximate surface area is 181 Å². The second kappa shape index (κ2) is 10.1. The van der Waals surface area contributed by atoms with E-state index in [1.165, 1.54) is 44.3 Å². The van der Waals surface area contributed by atoms with Crippen LogP contribution in [0, 0.1) is 0 Å². The summed E-state index contributed by atoms with van der Waals surface area (Å²) in [4.78, 5) is 10.1. The monoisotopic (exact) mass is 488 g/mol. The summed E-state index contributed by atoms with van der Waals surface area (Å²) in [7, 11) is 1.99. The summed E-state index contributed by atoms with van der Waals surface area (Å²) in [6.45, 7) is 13.1. The van der Waals surface area contributed by atoms with Gasteiger partial charge in [-0.2, -0.15) is 5.10 Å². The zero-order valence-electron chi connectivity index (χ0n) is 17.4. The van der Waals surface area contributed by atoms with Crippen LogP contribution >= 0.6 is 24.0 Å². The molecule has 3 rings (SSSR count). The van der Waals surface area contributed by atoms with E-state index in [2.05, 4.69) is 47.2 Å². The number of likely N-dealkylation sites (tertiary alicyclic amines) is 2. The lowest BCUT2D eigenvalue weighted by molar-refractivity contribution is 0.102. The lowest BCUT2D eigenvalue weighted by Gasteiger charge is -2.40. The van der Waals surface area contributed by atoms with E-state index < -0.39 is 0 Å².